The van der Waals surface area contributed by atoms with Crippen molar-refractivity contribution in [2.45, 2.75) is 18.7 Å². The van der Waals surface area contributed by atoms with Crippen LogP contribution in [0.4, 0.5) is 5.69 Å². The molecule has 0 spiro atoms. The van der Waals surface area contributed by atoms with Crippen molar-refractivity contribution in [3.63, 3.8) is 0 Å². The zero-order valence-electron chi connectivity index (χ0n) is 25.1. The number of benzene rings is 4. The monoisotopic (exact) mass is 627 g/mol. The minimum absolute atomic E-state index is 0.0411. The standard InChI is InChI=1S/C34H33N3O7S/c1-4-42-28-19-21-29(22-20-28)45(40,41)37(32-25(2)35(3)36(34(32)39)26-13-7-5-8-14-26)33(38)30-17-11-12-18-31(30)44-24-23-43-27-15-9-6-10-16-27/h5-22H,4,23-24H2,1-3H3. The van der Waals surface area contributed by atoms with Gasteiger partial charge in [-0.05, 0) is 74.5 Å². The van der Waals surface area contributed by atoms with Gasteiger partial charge in [0.05, 0.1) is 28.4 Å². The fraction of sp³-hybridized carbons (Fsp3) is 0.176. The van der Waals surface area contributed by atoms with Gasteiger partial charge in [-0.2, -0.15) is 4.31 Å². The highest BCUT2D eigenvalue weighted by Gasteiger charge is 2.38. The molecule has 232 valence electrons. The maximum Gasteiger partial charge on any atom is 0.296 e. The first-order chi connectivity index (χ1) is 21.7. The van der Waals surface area contributed by atoms with E-state index in [0.29, 0.717) is 28.1 Å². The van der Waals surface area contributed by atoms with E-state index in [-0.39, 0.29) is 40.8 Å². The van der Waals surface area contributed by atoms with E-state index in [1.807, 2.05) is 37.3 Å². The Morgan fingerprint density at radius 1 is 0.756 bits per heavy atom. The molecule has 45 heavy (non-hydrogen) atoms. The van der Waals surface area contributed by atoms with Crippen LogP contribution in [0.3, 0.4) is 0 Å². The summed E-state index contributed by atoms with van der Waals surface area (Å²) >= 11 is 0. The third-order valence-corrected chi connectivity index (χ3v) is 8.75. The van der Waals surface area contributed by atoms with Crippen LogP contribution in [-0.2, 0) is 17.1 Å². The molecule has 0 radical (unpaired) electrons. The molecule has 0 aliphatic carbocycles. The Balaban J connectivity index is 1.58. The van der Waals surface area contributed by atoms with E-state index >= 15 is 0 Å². The van der Waals surface area contributed by atoms with Crippen LogP contribution in [-0.4, -0.2) is 43.5 Å². The summed E-state index contributed by atoms with van der Waals surface area (Å²) in [5.74, 6) is 0.318. The lowest BCUT2D eigenvalue weighted by Crippen LogP contribution is -2.40. The molecule has 0 fully saturated rings. The van der Waals surface area contributed by atoms with E-state index in [4.69, 9.17) is 14.2 Å². The molecular formula is C34H33N3O7S. The predicted molar refractivity (Wildman–Crippen MR) is 171 cm³/mol. The Kier molecular flexibility index (Phi) is 9.39. The lowest BCUT2D eigenvalue weighted by atomic mass is 10.2. The summed E-state index contributed by atoms with van der Waals surface area (Å²) in [7, 11) is -2.99. The van der Waals surface area contributed by atoms with E-state index in [1.54, 1.807) is 62.5 Å². The molecule has 1 aromatic heterocycles. The fourth-order valence-corrected chi connectivity index (χ4v) is 6.26. The minimum Gasteiger partial charge on any atom is -0.494 e. The van der Waals surface area contributed by atoms with Crippen LogP contribution in [0.15, 0.2) is 119 Å². The van der Waals surface area contributed by atoms with Crippen LogP contribution < -0.4 is 24.1 Å². The molecule has 4 aromatic carbocycles. The number of carbonyl (C=O) groups is 1. The number of para-hydroxylation sites is 3. The van der Waals surface area contributed by atoms with Crippen molar-refractivity contribution in [2.24, 2.45) is 7.05 Å². The fourth-order valence-electron chi connectivity index (χ4n) is 4.81. The number of ether oxygens (including phenoxy) is 3. The van der Waals surface area contributed by atoms with Crippen molar-refractivity contribution < 1.29 is 27.4 Å². The number of sulfonamides is 1. The summed E-state index contributed by atoms with van der Waals surface area (Å²) in [4.78, 5) is 28.3. The van der Waals surface area contributed by atoms with Crippen LogP contribution in [0.25, 0.3) is 5.69 Å². The zero-order chi connectivity index (χ0) is 32.0. The molecule has 1 amide bonds. The third-order valence-electron chi connectivity index (χ3n) is 7.05. The molecule has 5 aromatic rings. The van der Waals surface area contributed by atoms with Crippen molar-refractivity contribution in [3.05, 3.63) is 131 Å². The first-order valence-corrected chi connectivity index (χ1v) is 15.7. The van der Waals surface area contributed by atoms with Gasteiger partial charge in [0, 0.05) is 7.05 Å². The lowest BCUT2D eigenvalue weighted by Gasteiger charge is -2.23. The Morgan fingerprint density at radius 3 is 2.00 bits per heavy atom. The number of nitrogens with zero attached hydrogens (tertiary/aromatic N) is 3. The van der Waals surface area contributed by atoms with Gasteiger partial charge in [-0.15, -0.1) is 0 Å². The van der Waals surface area contributed by atoms with E-state index in [0.717, 1.165) is 0 Å². The van der Waals surface area contributed by atoms with Crippen molar-refractivity contribution in [3.8, 4) is 22.9 Å². The van der Waals surface area contributed by atoms with Gasteiger partial charge in [0.25, 0.3) is 21.5 Å². The molecule has 0 aliphatic heterocycles. The van der Waals surface area contributed by atoms with Crippen LogP contribution >= 0.6 is 0 Å². The summed E-state index contributed by atoms with van der Waals surface area (Å²) in [5, 5.41) is 0. The number of aromatic nitrogens is 2. The van der Waals surface area contributed by atoms with Crippen molar-refractivity contribution in [2.75, 3.05) is 24.1 Å². The van der Waals surface area contributed by atoms with E-state index in [1.165, 1.54) is 39.7 Å². The third kappa shape index (κ3) is 6.48. The Morgan fingerprint density at radius 2 is 1.33 bits per heavy atom. The highest BCUT2D eigenvalue weighted by molar-refractivity contribution is 7.93. The Labute approximate surface area is 261 Å². The smallest absolute Gasteiger partial charge is 0.296 e. The van der Waals surface area contributed by atoms with Crippen molar-refractivity contribution >= 4 is 21.6 Å². The molecule has 5 rings (SSSR count). The summed E-state index contributed by atoms with van der Waals surface area (Å²) in [6, 6.07) is 30.0. The molecular weight excluding hydrogens is 594 g/mol. The summed E-state index contributed by atoms with van der Waals surface area (Å²) in [5.41, 5.74) is -0.254. The largest absolute Gasteiger partial charge is 0.494 e. The van der Waals surface area contributed by atoms with Gasteiger partial charge in [-0.1, -0.05) is 48.5 Å². The highest BCUT2D eigenvalue weighted by Crippen LogP contribution is 2.31. The summed E-state index contributed by atoms with van der Waals surface area (Å²) in [6.45, 7) is 4.06. The number of hydrogen-bond acceptors (Lipinski definition) is 7. The normalized spacial score (nSPS) is 11.2. The molecule has 10 nitrogen and oxygen atoms in total. The highest BCUT2D eigenvalue weighted by atomic mass is 32.2. The zero-order valence-corrected chi connectivity index (χ0v) is 25.9. The molecule has 0 bridgehead atoms. The maximum absolute atomic E-state index is 14.4. The average Bonchev–Trinajstić information content (AvgIpc) is 3.27. The summed E-state index contributed by atoms with van der Waals surface area (Å²) in [6.07, 6.45) is 0. The van der Waals surface area contributed by atoms with E-state index < -0.39 is 21.5 Å². The maximum atomic E-state index is 14.4. The average molecular weight is 628 g/mol. The molecule has 0 aliphatic rings. The van der Waals surface area contributed by atoms with E-state index in [9.17, 15) is 18.0 Å². The van der Waals surface area contributed by atoms with Crippen LogP contribution in [0.5, 0.6) is 17.2 Å². The first kappa shape index (κ1) is 31.1. The molecule has 0 unspecified atom stereocenters. The second-order valence-corrected chi connectivity index (χ2v) is 11.7. The molecule has 0 N–H and O–H groups in total. The van der Waals surface area contributed by atoms with Crippen LogP contribution in [0.1, 0.15) is 23.0 Å². The SMILES string of the molecule is CCOc1ccc(S(=O)(=O)N(C(=O)c2ccccc2OCCOc2ccccc2)c2c(C)n(C)n(-c3ccccc3)c2=O)cc1. The quantitative estimate of drug-likeness (QED) is 0.171. The van der Waals surface area contributed by atoms with Gasteiger partial charge >= 0.3 is 0 Å². The van der Waals surface area contributed by atoms with Crippen molar-refractivity contribution in [1.82, 2.24) is 9.36 Å². The lowest BCUT2D eigenvalue weighted by molar-refractivity contribution is 0.1000. The topological polar surface area (TPSA) is 109 Å². The van der Waals surface area contributed by atoms with Gasteiger partial charge in [0.15, 0.2) is 0 Å². The van der Waals surface area contributed by atoms with Gasteiger partial charge in [-0.25, -0.2) is 13.1 Å². The van der Waals surface area contributed by atoms with Gasteiger partial charge in [-0.3, -0.25) is 14.3 Å². The van der Waals surface area contributed by atoms with Crippen LogP contribution in [0, 0.1) is 6.92 Å². The Bertz CT molecular complexity index is 1940. The van der Waals surface area contributed by atoms with Gasteiger partial charge < -0.3 is 14.2 Å². The molecule has 0 atom stereocenters. The first-order valence-electron chi connectivity index (χ1n) is 14.3. The number of anilines is 1. The molecule has 1 heterocycles. The van der Waals surface area contributed by atoms with Crippen molar-refractivity contribution in [1.29, 1.82) is 0 Å². The van der Waals surface area contributed by atoms with Gasteiger partial charge in [0.2, 0.25) is 0 Å². The van der Waals surface area contributed by atoms with Crippen LogP contribution in [0.2, 0.25) is 0 Å². The molecule has 0 saturated carbocycles. The number of amides is 1. The molecule has 11 heteroatoms. The molecule has 0 saturated heterocycles. The second-order valence-electron chi connectivity index (χ2n) is 9.90. The summed E-state index contributed by atoms with van der Waals surface area (Å²) < 4.78 is 49.2. The minimum atomic E-state index is -4.62. The van der Waals surface area contributed by atoms with E-state index in [2.05, 4.69) is 0 Å². The number of hydrogen-bond donors (Lipinski definition) is 0. The second kappa shape index (κ2) is 13.6. The van der Waals surface area contributed by atoms with Gasteiger partial charge in [0.1, 0.15) is 36.1 Å². The number of rotatable bonds is 12. The predicted octanol–water partition coefficient (Wildman–Crippen LogP) is 5.38. The number of carbonyl (C=O) groups excluding carboxylic acids is 1. The Hall–Kier alpha value is -5.29.